The number of nitrogens with zero attached hydrogens (tertiary/aromatic N) is 4. The van der Waals surface area contributed by atoms with E-state index in [9.17, 15) is 0 Å². The Kier molecular flexibility index (Phi) is 6.43. The highest BCUT2D eigenvalue weighted by Gasteiger charge is 2.27. The third kappa shape index (κ3) is 4.55. The summed E-state index contributed by atoms with van der Waals surface area (Å²) >= 11 is 0. The van der Waals surface area contributed by atoms with Gasteiger partial charge in [-0.15, -0.1) is 0 Å². The van der Waals surface area contributed by atoms with Crippen molar-refractivity contribution in [1.82, 2.24) is 19.5 Å². The molecule has 0 saturated heterocycles. The second-order valence-electron chi connectivity index (χ2n) is 13.4. The molecular formula is C49H28N4. The molecule has 1 aliphatic carbocycles. The number of rotatable bonds is 4. The first kappa shape index (κ1) is 29.4. The molecule has 0 unspecified atom stereocenters. The van der Waals surface area contributed by atoms with Crippen LogP contribution in [0.1, 0.15) is 0 Å². The maximum Gasteiger partial charge on any atom is 0.164 e. The van der Waals surface area contributed by atoms with E-state index >= 15 is 0 Å². The van der Waals surface area contributed by atoms with Crippen molar-refractivity contribution in [3.63, 3.8) is 0 Å². The summed E-state index contributed by atoms with van der Waals surface area (Å²) in [4.78, 5) is 14.7. The van der Waals surface area contributed by atoms with E-state index in [0.29, 0.717) is 17.5 Å². The van der Waals surface area contributed by atoms with E-state index in [2.05, 4.69) is 138 Å². The van der Waals surface area contributed by atoms with E-state index in [1.807, 2.05) is 48.5 Å². The zero-order chi connectivity index (χ0) is 34.9. The van der Waals surface area contributed by atoms with Crippen LogP contribution in [0, 0.1) is 12.1 Å². The predicted octanol–water partition coefficient (Wildman–Crippen LogP) is 12.0. The molecule has 0 aliphatic heterocycles. The number of aromatic nitrogens is 4. The molecule has 53 heavy (non-hydrogen) atoms. The van der Waals surface area contributed by atoms with Crippen LogP contribution in [-0.2, 0) is 0 Å². The Hall–Kier alpha value is -7.35. The van der Waals surface area contributed by atoms with Crippen molar-refractivity contribution >= 4 is 32.4 Å². The third-order valence-electron chi connectivity index (χ3n) is 10.5. The first-order valence-electron chi connectivity index (χ1n) is 17.8. The fraction of sp³-hybridized carbons (Fsp3) is 0. The molecule has 0 spiro atoms. The summed E-state index contributed by atoms with van der Waals surface area (Å²) in [6.45, 7) is 0. The maximum absolute atomic E-state index is 4.95. The fourth-order valence-electron chi connectivity index (χ4n) is 8.16. The molecule has 244 valence electrons. The average Bonchev–Trinajstić information content (AvgIpc) is 3.58. The van der Waals surface area contributed by atoms with E-state index in [-0.39, 0.29) is 0 Å². The molecule has 0 bridgehead atoms. The van der Waals surface area contributed by atoms with Gasteiger partial charge in [0.1, 0.15) is 0 Å². The van der Waals surface area contributed by atoms with Gasteiger partial charge in [0.15, 0.2) is 17.5 Å². The molecule has 1 aliphatic rings. The quantitative estimate of drug-likeness (QED) is 0.175. The lowest BCUT2D eigenvalue weighted by molar-refractivity contribution is 1.07. The van der Waals surface area contributed by atoms with Gasteiger partial charge in [0.2, 0.25) is 0 Å². The fourth-order valence-corrected chi connectivity index (χ4v) is 8.16. The molecule has 0 amide bonds. The van der Waals surface area contributed by atoms with Gasteiger partial charge in [0, 0.05) is 39.5 Å². The number of fused-ring (bicyclic) bond motifs is 10. The Morgan fingerprint density at radius 1 is 0.396 bits per heavy atom. The van der Waals surface area contributed by atoms with Crippen molar-refractivity contribution in [2.75, 3.05) is 0 Å². The molecule has 4 heteroatoms. The molecule has 2 heterocycles. The van der Waals surface area contributed by atoms with Gasteiger partial charge in [-0.2, -0.15) is 0 Å². The van der Waals surface area contributed by atoms with Crippen LogP contribution in [0.3, 0.4) is 0 Å². The van der Waals surface area contributed by atoms with Crippen LogP contribution in [0.15, 0.2) is 170 Å². The summed E-state index contributed by atoms with van der Waals surface area (Å²) in [6, 6.07) is 63.6. The Labute approximate surface area is 306 Å². The minimum atomic E-state index is 0.602. The molecule has 10 aromatic rings. The predicted molar refractivity (Wildman–Crippen MR) is 216 cm³/mol. The lowest BCUT2D eigenvalue weighted by Gasteiger charge is -2.18. The van der Waals surface area contributed by atoms with Gasteiger partial charge in [-0.3, -0.25) is 0 Å². The van der Waals surface area contributed by atoms with Crippen LogP contribution in [-0.4, -0.2) is 19.5 Å². The van der Waals surface area contributed by atoms with E-state index in [0.717, 1.165) is 27.9 Å². The average molecular weight is 673 g/mol. The maximum atomic E-state index is 4.95. The number of hydrogen-bond donors (Lipinski definition) is 0. The summed E-state index contributed by atoms with van der Waals surface area (Å²) in [7, 11) is 0. The van der Waals surface area contributed by atoms with Crippen LogP contribution < -0.4 is 0 Å². The van der Waals surface area contributed by atoms with Crippen LogP contribution in [0.2, 0.25) is 0 Å². The minimum Gasteiger partial charge on any atom is -0.316 e. The molecule has 0 saturated carbocycles. The smallest absolute Gasteiger partial charge is 0.164 e. The molecule has 11 rings (SSSR count). The zero-order valence-electron chi connectivity index (χ0n) is 28.5. The second-order valence-corrected chi connectivity index (χ2v) is 13.4. The van der Waals surface area contributed by atoms with Crippen LogP contribution >= 0.6 is 0 Å². The van der Waals surface area contributed by atoms with Crippen molar-refractivity contribution in [1.29, 1.82) is 0 Å². The standard InChI is InChI=1S/C49H28N4/c1-3-14-31(15-4-1)47-50-48(32-16-5-2-6-17-32)52-49(51-47)33-26-28-34(29-27-33)53-30-42-37-20-9-12-23-40(37)45-38-21-10-7-18-35(38)36-19-8-11-22-39(36)46(45)41-24-13-25-43(53)44(41)42/h1,3-5,7-30H. The van der Waals surface area contributed by atoms with Crippen LogP contribution in [0.5, 0.6) is 0 Å². The van der Waals surface area contributed by atoms with E-state index in [4.69, 9.17) is 15.0 Å². The van der Waals surface area contributed by atoms with Crippen LogP contribution in [0.4, 0.5) is 0 Å². The van der Waals surface area contributed by atoms with Gasteiger partial charge < -0.3 is 4.57 Å². The second kappa shape index (κ2) is 11.6. The van der Waals surface area contributed by atoms with Crippen molar-refractivity contribution in [3.8, 4) is 73.2 Å². The Bertz CT molecular complexity index is 2980. The highest BCUT2D eigenvalue weighted by atomic mass is 15.0. The monoisotopic (exact) mass is 672 g/mol. The molecule has 0 N–H and O–H groups in total. The van der Waals surface area contributed by atoms with Crippen molar-refractivity contribution < 1.29 is 0 Å². The van der Waals surface area contributed by atoms with Crippen LogP contribution in [0.25, 0.3) is 106 Å². The largest absolute Gasteiger partial charge is 0.316 e. The normalized spacial score (nSPS) is 11.6. The molecule has 2 aromatic heterocycles. The van der Waals surface area contributed by atoms with Crippen molar-refractivity contribution in [3.05, 3.63) is 182 Å². The first-order chi connectivity index (χ1) is 26.3. The lowest BCUT2D eigenvalue weighted by atomic mass is 9.85. The van der Waals surface area contributed by atoms with Crippen molar-refractivity contribution in [2.45, 2.75) is 0 Å². The first-order valence-corrected chi connectivity index (χ1v) is 17.8. The van der Waals surface area contributed by atoms with E-state index < -0.39 is 0 Å². The Morgan fingerprint density at radius 3 is 1.64 bits per heavy atom. The SMILES string of the molecule is c1ccc(-c2nc(-c3ccccc3)nc(-c3ccc(-n4cc5c6c(cccc64)-c4c(c6ccccc6c6ccccc46)-c4ccccc4-5)cc3)n2)cc#1. The Morgan fingerprint density at radius 2 is 0.962 bits per heavy atom. The number of benzene rings is 7. The van der Waals surface area contributed by atoms with Gasteiger partial charge in [-0.1, -0.05) is 127 Å². The highest BCUT2D eigenvalue weighted by molar-refractivity contribution is 6.27. The molecule has 8 aromatic carbocycles. The van der Waals surface area contributed by atoms with Gasteiger partial charge in [-0.05, 0) is 97.9 Å². The summed E-state index contributed by atoms with van der Waals surface area (Å²) in [6.07, 6.45) is 2.32. The lowest BCUT2D eigenvalue weighted by Crippen LogP contribution is -2.00. The van der Waals surface area contributed by atoms with E-state index in [1.54, 1.807) is 0 Å². The topological polar surface area (TPSA) is 43.6 Å². The molecular weight excluding hydrogens is 645 g/mol. The zero-order valence-corrected chi connectivity index (χ0v) is 28.5. The van der Waals surface area contributed by atoms with Gasteiger partial charge in [0.25, 0.3) is 0 Å². The Balaban J connectivity index is 1.11. The summed E-state index contributed by atoms with van der Waals surface area (Å²) < 4.78 is 2.33. The molecule has 0 fully saturated rings. The summed E-state index contributed by atoms with van der Waals surface area (Å²) in [5, 5.41) is 6.36. The minimum absolute atomic E-state index is 0.602. The molecule has 0 atom stereocenters. The van der Waals surface area contributed by atoms with Gasteiger partial charge in [-0.25, -0.2) is 15.0 Å². The highest BCUT2D eigenvalue weighted by Crippen LogP contribution is 2.53. The summed E-state index contributed by atoms with van der Waals surface area (Å²) in [5.41, 5.74) is 12.5. The van der Waals surface area contributed by atoms with Gasteiger partial charge in [0.05, 0.1) is 5.52 Å². The molecule has 0 radical (unpaired) electrons. The third-order valence-corrected chi connectivity index (χ3v) is 10.5. The van der Waals surface area contributed by atoms with Gasteiger partial charge >= 0.3 is 0 Å². The molecule has 4 nitrogen and oxygen atoms in total. The van der Waals surface area contributed by atoms with E-state index in [1.165, 1.54) is 60.3 Å². The number of hydrogen-bond acceptors (Lipinski definition) is 3. The summed E-state index contributed by atoms with van der Waals surface area (Å²) in [5.74, 6) is 1.85. The van der Waals surface area contributed by atoms with Crippen molar-refractivity contribution in [2.24, 2.45) is 0 Å².